The summed E-state index contributed by atoms with van der Waals surface area (Å²) < 4.78 is 0. The topological polar surface area (TPSA) is 0 Å². The number of rotatable bonds is 12. The third-order valence-corrected chi connectivity index (χ3v) is 19.9. The van der Waals surface area contributed by atoms with Crippen molar-refractivity contribution in [2.45, 2.75) is 113 Å². The van der Waals surface area contributed by atoms with Crippen molar-refractivity contribution < 1.29 is 0 Å². The van der Waals surface area contributed by atoms with E-state index in [9.17, 15) is 0 Å². The van der Waals surface area contributed by atoms with Crippen molar-refractivity contribution in [2.24, 2.45) is 46.3 Å². The lowest BCUT2D eigenvalue weighted by Crippen LogP contribution is -2.69. The van der Waals surface area contributed by atoms with E-state index >= 15 is 0 Å². The molecule has 0 atom stereocenters. The molecule has 336 valence electrons. The van der Waals surface area contributed by atoms with E-state index in [2.05, 4.69) is 139 Å². The van der Waals surface area contributed by atoms with Crippen LogP contribution in [-0.2, 0) is 21.7 Å². The molecule has 66 heavy (non-hydrogen) atoms. The van der Waals surface area contributed by atoms with Crippen molar-refractivity contribution >= 4 is 48.6 Å². The third-order valence-electron chi connectivity index (χ3n) is 19.9. The zero-order valence-electron chi connectivity index (χ0n) is 40.2. The van der Waals surface area contributed by atoms with Crippen molar-refractivity contribution in [2.75, 3.05) is 0 Å². The molecule has 11 fully saturated rings. The first-order valence-corrected chi connectivity index (χ1v) is 25.3. The van der Waals surface area contributed by atoms with Gasteiger partial charge in [0.15, 0.2) is 0 Å². The molecule has 11 aliphatic rings. The molecule has 0 nitrogen and oxygen atoms in total. The molecule has 0 amide bonds. The zero-order chi connectivity index (χ0) is 46.0. The van der Waals surface area contributed by atoms with Gasteiger partial charge in [-0.05, 0) is 236 Å². The van der Waals surface area contributed by atoms with Crippen molar-refractivity contribution in [3.8, 4) is 0 Å². The van der Waals surface area contributed by atoms with Gasteiger partial charge in [-0.25, -0.2) is 0 Å². The predicted octanol–water partition coefficient (Wildman–Crippen LogP) is 17.4. The van der Waals surface area contributed by atoms with Crippen LogP contribution < -0.4 is 0 Å². The Bertz CT molecular complexity index is 2390. The first-order valence-electron chi connectivity index (χ1n) is 25.3. The van der Waals surface area contributed by atoms with Crippen LogP contribution in [0.2, 0.25) is 0 Å². The van der Waals surface area contributed by atoms with Crippen LogP contribution in [0.15, 0.2) is 125 Å². The van der Waals surface area contributed by atoms with E-state index in [0.29, 0.717) is 21.7 Å². The molecule has 11 aliphatic carbocycles. The van der Waals surface area contributed by atoms with Gasteiger partial charge < -0.3 is 0 Å². The largest absolute Gasteiger partial charge is 0.0985 e. The fourth-order valence-corrected chi connectivity index (χ4v) is 18.8. The van der Waals surface area contributed by atoms with E-state index < -0.39 is 0 Å². The summed E-state index contributed by atoms with van der Waals surface area (Å²) >= 11 is 0. The Morgan fingerprint density at radius 1 is 0.288 bits per heavy atom. The molecule has 4 aromatic rings. The van der Waals surface area contributed by atoms with Crippen LogP contribution in [0, 0.1) is 46.3 Å². The standard InChI is InChI=1S/C34H36.C32H36/c1-5-21-9-22(6-2)12-25(11-21)33-15-27-30-18-34(26-13-23(7-3)10-24(8-4)14-26)19-31(27)29(17-33)32(20-34)28(30)16-33;1-7-23-11-24(8-2)14-27(13-23)31-18-29(5)17-30(6,19-31)21-32(20-29,22-31)28-15-25(9-3)12-26(10-4)16-28/h5-14,27-32H,1-4,15-20H2;7-16H,1-4,17-22H2,5-6H3. The summed E-state index contributed by atoms with van der Waals surface area (Å²) in [5.74, 6) is 5.52. The van der Waals surface area contributed by atoms with Gasteiger partial charge in [-0.2, -0.15) is 0 Å². The molecule has 0 aromatic heterocycles. The van der Waals surface area contributed by atoms with Gasteiger partial charge in [0.05, 0.1) is 0 Å². The van der Waals surface area contributed by atoms with Gasteiger partial charge in [0.25, 0.3) is 0 Å². The van der Waals surface area contributed by atoms with Crippen LogP contribution in [0.3, 0.4) is 0 Å². The third kappa shape index (κ3) is 6.58. The Labute approximate surface area is 397 Å². The highest BCUT2D eigenvalue weighted by atomic mass is 14.8. The summed E-state index contributed by atoms with van der Waals surface area (Å²) in [7, 11) is 0. The van der Waals surface area contributed by atoms with E-state index in [4.69, 9.17) is 0 Å². The average molecular weight is 865 g/mol. The highest BCUT2D eigenvalue weighted by Crippen LogP contribution is 2.78. The molecule has 0 heterocycles. The second kappa shape index (κ2) is 15.2. The fraction of sp³-hybridized carbons (Fsp3) is 0.394. The first-order chi connectivity index (χ1) is 31.7. The molecule has 0 unspecified atom stereocenters. The molecule has 0 heteroatoms. The number of benzene rings is 4. The minimum absolute atomic E-state index is 0.202. The fourth-order valence-electron chi connectivity index (χ4n) is 18.8. The van der Waals surface area contributed by atoms with Gasteiger partial charge in [-0.1, -0.05) is 164 Å². The SMILES string of the molecule is C=Cc1cc(C=C)cc(C23CC4(C)CC(C)(C2)CC(c2cc(C=C)cc(C=C)c2)(C4)C3)c1.C=Cc1cc(C=C)cc(C23CC4C5CC6(c7cc(C=C)cc(C=C)c7)CC4C(C2)C(C6)C5C3)c1. The maximum Gasteiger partial charge on any atom is -0.00277 e. The molecule has 0 saturated heterocycles. The molecule has 15 rings (SSSR count). The van der Waals surface area contributed by atoms with Crippen LogP contribution in [0.5, 0.6) is 0 Å². The Morgan fingerprint density at radius 3 is 0.682 bits per heavy atom. The van der Waals surface area contributed by atoms with Gasteiger partial charge >= 0.3 is 0 Å². The van der Waals surface area contributed by atoms with Crippen LogP contribution >= 0.6 is 0 Å². The summed E-state index contributed by atoms with van der Waals surface area (Å²) in [6.07, 6.45) is 32.1. The number of hydrogen-bond donors (Lipinski definition) is 0. The van der Waals surface area contributed by atoms with Crippen LogP contribution in [-0.4, -0.2) is 0 Å². The van der Waals surface area contributed by atoms with Crippen LogP contribution in [0.1, 0.15) is 158 Å². The van der Waals surface area contributed by atoms with Crippen molar-refractivity contribution in [3.05, 3.63) is 192 Å². The second-order valence-corrected chi connectivity index (χ2v) is 24.2. The first kappa shape index (κ1) is 43.4. The summed E-state index contributed by atoms with van der Waals surface area (Å²) in [5.41, 5.74) is 17.9. The molecule has 0 radical (unpaired) electrons. The Morgan fingerprint density at radius 2 is 0.485 bits per heavy atom. The minimum atomic E-state index is 0.202. The molecule has 0 N–H and O–H groups in total. The lowest BCUT2D eigenvalue weighted by molar-refractivity contribution is -0.221. The Hall–Kier alpha value is -5.20. The van der Waals surface area contributed by atoms with E-state index in [1.165, 1.54) is 133 Å². The Balaban J connectivity index is 0.000000146. The summed E-state index contributed by atoms with van der Waals surface area (Å²) in [4.78, 5) is 0. The lowest BCUT2D eigenvalue weighted by Gasteiger charge is -2.75. The Kier molecular flexibility index (Phi) is 9.96. The van der Waals surface area contributed by atoms with E-state index in [1.807, 2.05) is 48.6 Å². The van der Waals surface area contributed by atoms with E-state index in [-0.39, 0.29) is 10.8 Å². The molecule has 4 aromatic carbocycles. The molecular formula is C66H72. The van der Waals surface area contributed by atoms with E-state index in [0.717, 1.165) is 35.5 Å². The maximum absolute atomic E-state index is 4.07. The quantitative estimate of drug-likeness (QED) is 0.133. The zero-order valence-corrected chi connectivity index (χ0v) is 40.2. The van der Waals surface area contributed by atoms with Gasteiger partial charge in [-0.3, -0.25) is 0 Å². The normalized spacial score (nSPS) is 37.7. The lowest BCUT2D eigenvalue weighted by atomic mass is 9.29. The van der Waals surface area contributed by atoms with Gasteiger partial charge in [-0.15, -0.1) is 0 Å². The molecule has 0 spiro atoms. The minimum Gasteiger partial charge on any atom is -0.0985 e. The maximum atomic E-state index is 4.07. The predicted molar refractivity (Wildman–Crippen MR) is 286 cm³/mol. The van der Waals surface area contributed by atoms with Crippen LogP contribution in [0.25, 0.3) is 48.6 Å². The van der Waals surface area contributed by atoms with Crippen LogP contribution in [0.4, 0.5) is 0 Å². The highest BCUT2D eigenvalue weighted by molar-refractivity contribution is 5.63. The van der Waals surface area contributed by atoms with Crippen molar-refractivity contribution in [1.82, 2.24) is 0 Å². The van der Waals surface area contributed by atoms with Crippen molar-refractivity contribution in [3.63, 3.8) is 0 Å². The highest BCUT2D eigenvalue weighted by Gasteiger charge is 2.71. The van der Waals surface area contributed by atoms with E-state index in [1.54, 1.807) is 11.1 Å². The van der Waals surface area contributed by atoms with Gasteiger partial charge in [0.1, 0.15) is 0 Å². The average Bonchev–Trinajstić information content (AvgIpc) is 3.33. The van der Waals surface area contributed by atoms with Gasteiger partial charge in [0.2, 0.25) is 0 Å². The summed E-state index contributed by atoms with van der Waals surface area (Å²) in [6, 6.07) is 28.3. The molecule has 0 aliphatic heterocycles. The molecular weight excluding hydrogens is 793 g/mol. The summed E-state index contributed by atoms with van der Waals surface area (Å²) in [5, 5.41) is 0. The molecule has 11 saturated carbocycles. The number of hydrogen-bond acceptors (Lipinski definition) is 0. The summed E-state index contributed by atoms with van der Waals surface area (Å²) in [6.45, 7) is 37.7. The monoisotopic (exact) mass is 865 g/mol. The van der Waals surface area contributed by atoms with Gasteiger partial charge in [0, 0.05) is 0 Å². The molecule has 12 bridgehead atoms. The second-order valence-electron chi connectivity index (χ2n) is 24.2. The van der Waals surface area contributed by atoms with Crippen molar-refractivity contribution in [1.29, 1.82) is 0 Å². The smallest absolute Gasteiger partial charge is 0.00277 e.